The third-order valence-electron chi connectivity index (χ3n) is 16.0. The maximum absolute atomic E-state index is 12.8. The minimum Gasteiger partial charge on any atom is -0.469 e. The Kier molecular flexibility index (Phi) is 14.7. The van der Waals surface area contributed by atoms with Gasteiger partial charge in [0.15, 0.2) is 8.32 Å². The molecule has 0 amide bonds. The molecule has 8 rings (SSSR count). The van der Waals surface area contributed by atoms with Gasteiger partial charge in [0, 0.05) is 38.7 Å². The molecule has 6 aliphatic rings. The summed E-state index contributed by atoms with van der Waals surface area (Å²) in [7, 11) is -0.658. The predicted octanol–water partition coefficient (Wildman–Crippen LogP) is 9.42. The summed E-state index contributed by atoms with van der Waals surface area (Å²) < 4.78 is 68.3. The molecule has 6 aliphatic heterocycles. The number of hydrogen-bond acceptors (Lipinski definition) is 11. The molecule has 14 atom stereocenters. The van der Waals surface area contributed by atoms with Gasteiger partial charge in [-0.1, -0.05) is 81.4 Å². The van der Waals surface area contributed by atoms with E-state index in [-0.39, 0.29) is 67.3 Å². The molecule has 350 valence electrons. The summed E-state index contributed by atoms with van der Waals surface area (Å²) in [6, 6.07) is 23.7. The highest BCUT2D eigenvalue weighted by Gasteiger charge is 2.64. The standard InChI is InChI=1S/C51H76O11Si/c1-9-63(10-2,11-3)62-50(6)34-49(5)42(59-44(50)30-47(52)53-8)25-24-38-40(60-49)28-39-41(57-38)31-48(4)43(58-39)29-46-51(7,61-48)45(55-33-36-21-16-13-17-22-36)27-37(56-46)23-18-26-54-32-35-19-14-12-15-20-35/h12-17,19-22,37-46H,9-11,18,23-34H2,1-8H3/t37-,38+,39+,40-,41-,42-,43-,44+,45-,46+,48+,49+,50-,51-/m0/s1. The number of fused-ring (bicyclic) bond motifs is 5. The van der Waals surface area contributed by atoms with E-state index < -0.39 is 36.8 Å². The average Bonchev–Trinajstić information content (AvgIpc) is 3.40. The van der Waals surface area contributed by atoms with E-state index in [0.29, 0.717) is 39.1 Å². The van der Waals surface area contributed by atoms with Crippen LogP contribution in [0, 0.1) is 0 Å². The number of ether oxygens (including phenoxy) is 9. The molecule has 6 saturated heterocycles. The number of rotatable bonds is 16. The van der Waals surface area contributed by atoms with Crippen molar-refractivity contribution < 1.29 is 51.9 Å². The summed E-state index contributed by atoms with van der Waals surface area (Å²) in [6.45, 7) is 17.2. The molecule has 0 unspecified atom stereocenters. The lowest BCUT2D eigenvalue weighted by molar-refractivity contribution is -0.372. The molecule has 2 aromatic carbocycles. The number of carbonyl (C=O) groups excluding carboxylic acids is 1. The molecule has 11 nitrogen and oxygen atoms in total. The Bertz CT molecular complexity index is 1790. The Hall–Kier alpha value is -2.23. The van der Waals surface area contributed by atoms with Gasteiger partial charge < -0.3 is 47.1 Å². The molecule has 0 N–H and O–H groups in total. The van der Waals surface area contributed by atoms with E-state index in [4.69, 9.17) is 47.1 Å². The van der Waals surface area contributed by atoms with Crippen molar-refractivity contribution in [3.8, 4) is 0 Å². The maximum Gasteiger partial charge on any atom is 0.308 e. The van der Waals surface area contributed by atoms with E-state index in [9.17, 15) is 4.79 Å². The third-order valence-corrected chi connectivity index (χ3v) is 20.7. The largest absolute Gasteiger partial charge is 0.469 e. The minimum absolute atomic E-state index is 0.0136. The first-order valence-electron chi connectivity index (χ1n) is 24.3. The van der Waals surface area contributed by atoms with Crippen LogP contribution < -0.4 is 0 Å². The monoisotopic (exact) mass is 893 g/mol. The van der Waals surface area contributed by atoms with Crippen molar-refractivity contribution >= 4 is 14.3 Å². The topological polar surface area (TPSA) is 109 Å². The number of methoxy groups -OCH3 is 1. The number of esters is 1. The van der Waals surface area contributed by atoms with E-state index in [1.54, 1.807) is 0 Å². The van der Waals surface area contributed by atoms with Crippen molar-refractivity contribution in [2.24, 2.45) is 0 Å². The molecule has 0 spiro atoms. The smallest absolute Gasteiger partial charge is 0.308 e. The van der Waals surface area contributed by atoms with Crippen molar-refractivity contribution in [3.63, 3.8) is 0 Å². The van der Waals surface area contributed by atoms with E-state index >= 15 is 0 Å². The molecule has 2 aromatic rings. The van der Waals surface area contributed by atoms with Crippen molar-refractivity contribution in [3.05, 3.63) is 71.8 Å². The first kappa shape index (κ1) is 47.3. The van der Waals surface area contributed by atoms with Crippen LogP contribution in [-0.2, 0) is 65.1 Å². The van der Waals surface area contributed by atoms with Gasteiger partial charge in [-0.2, -0.15) is 0 Å². The van der Waals surface area contributed by atoms with E-state index in [1.165, 1.54) is 12.7 Å². The third kappa shape index (κ3) is 10.1. The van der Waals surface area contributed by atoms with Gasteiger partial charge in [-0.05, 0) is 82.6 Å². The van der Waals surface area contributed by atoms with Crippen LogP contribution in [0.3, 0.4) is 0 Å². The number of benzene rings is 2. The Labute approximate surface area is 377 Å². The Morgan fingerprint density at radius 2 is 1.43 bits per heavy atom. The second kappa shape index (κ2) is 19.5. The van der Waals surface area contributed by atoms with Crippen LogP contribution in [0.2, 0.25) is 18.1 Å². The maximum atomic E-state index is 12.8. The molecule has 6 fully saturated rings. The van der Waals surface area contributed by atoms with Crippen molar-refractivity contribution in [2.45, 2.75) is 227 Å². The fourth-order valence-electron chi connectivity index (χ4n) is 12.1. The summed E-state index contributed by atoms with van der Waals surface area (Å²) in [4.78, 5) is 12.8. The van der Waals surface area contributed by atoms with Crippen LogP contribution >= 0.6 is 0 Å². The van der Waals surface area contributed by atoms with Crippen LogP contribution in [0.5, 0.6) is 0 Å². The second-order valence-corrected chi connectivity index (χ2v) is 25.1. The normalized spacial score (nSPS) is 40.0. The highest BCUT2D eigenvalue weighted by Crippen LogP contribution is 2.54. The first-order chi connectivity index (χ1) is 30.2. The van der Waals surface area contributed by atoms with E-state index in [0.717, 1.165) is 62.2 Å². The van der Waals surface area contributed by atoms with Gasteiger partial charge in [0.25, 0.3) is 0 Å². The van der Waals surface area contributed by atoms with Crippen molar-refractivity contribution in [1.82, 2.24) is 0 Å². The van der Waals surface area contributed by atoms with Gasteiger partial charge in [-0.15, -0.1) is 0 Å². The van der Waals surface area contributed by atoms with Gasteiger partial charge in [0.05, 0.1) is 105 Å². The molecule has 63 heavy (non-hydrogen) atoms. The second-order valence-electron chi connectivity index (χ2n) is 20.4. The molecule has 0 saturated carbocycles. The molecule has 0 aliphatic carbocycles. The fourth-order valence-corrected chi connectivity index (χ4v) is 15.3. The zero-order valence-electron chi connectivity index (χ0n) is 39.4. The van der Waals surface area contributed by atoms with Gasteiger partial charge >= 0.3 is 5.97 Å². The zero-order valence-corrected chi connectivity index (χ0v) is 40.4. The highest BCUT2D eigenvalue weighted by atomic mass is 28.4. The van der Waals surface area contributed by atoms with Crippen LogP contribution in [-0.4, -0.2) is 111 Å². The Morgan fingerprint density at radius 1 is 0.730 bits per heavy atom. The Morgan fingerprint density at radius 3 is 2.11 bits per heavy atom. The lowest BCUT2D eigenvalue weighted by Gasteiger charge is -2.62. The molecule has 0 bridgehead atoms. The zero-order chi connectivity index (χ0) is 44.5. The first-order valence-corrected chi connectivity index (χ1v) is 26.8. The van der Waals surface area contributed by atoms with E-state index in [1.807, 2.05) is 24.3 Å². The predicted molar refractivity (Wildman–Crippen MR) is 242 cm³/mol. The molecule has 12 heteroatoms. The summed E-state index contributed by atoms with van der Waals surface area (Å²) in [5, 5.41) is 0. The lowest BCUT2D eigenvalue weighted by Crippen LogP contribution is -2.72. The molecular formula is C51H76O11Si. The summed E-state index contributed by atoms with van der Waals surface area (Å²) in [5.41, 5.74) is -0.305. The minimum atomic E-state index is -2.10. The van der Waals surface area contributed by atoms with Crippen LogP contribution in [0.25, 0.3) is 0 Å². The van der Waals surface area contributed by atoms with Crippen molar-refractivity contribution in [1.29, 1.82) is 0 Å². The van der Waals surface area contributed by atoms with Gasteiger partial charge in [0.1, 0.15) is 5.60 Å². The molecule has 0 aromatic heterocycles. The summed E-state index contributed by atoms with van der Waals surface area (Å²) in [5.74, 6) is -0.284. The number of hydrogen-bond donors (Lipinski definition) is 0. The molecule has 0 radical (unpaired) electrons. The van der Waals surface area contributed by atoms with Crippen LogP contribution in [0.1, 0.15) is 124 Å². The SMILES string of the molecule is CC[Si](CC)(CC)O[C@@]1(C)C[C@@]2(C)O[C@H]3C[C@H]4O[C@H]5C[C@H]6O[C@@H](CCCOCc7ccccc7)C[C@H](OCc7ccccc7)[C@]6(C)O[C@]5(C)C[C@@H]4O[C@@H]3CC[C@@H]2O[C@@H]1CC(=O)OC. The Balaban J connectivity index is 0.965. The fraction of sp³-hybridized carbons (Fsp3) is 0.745. The molecular weight excluding hydrogens is 817 g/mol. The quantitative estimate of drug-likeness (QED) is 0.0914. The van der Waals surface area contributed by atoms with E-state index in [2.05, 4.69) is 84.9 Å². The van der Waals surface area contributed by atoms with Crippen LogP contribution in [0.4, 0.5) is 0 Å². The lowest BCUT2D eigenvalue weighted by atomic mass is 9.72. The van der Waals surface area contributed by atoms with Crippen LogP contribution in [0.15, 0.2) is 60.7 Å². The van der Waals surface area contributed by atoms with Gasteiger partial charge in [-0.3, -0.25) is 4.79 Å². The summed E-state index contributed by atoms with van der Waals surface area (Å²) in [6.07, 6.45) is 5.20. The highest BCUT2D eigenvalue weighted by molar-refractivity contribution is 6.73. The summed E-state index contributed by atoms with van der Waals surface area (Å²) >= 11 is 0. The number of carbonyl (C=O) groups is 1. The average molecular weight is 893 g/mol. The van der Waals surface area contributed by atoms with Gasteiger partial charge in [-0.25, -0.2) is 0 Å². The van der Waals surface area contributed by atoms with Gasteiger partial charge in [0.2, 0.25) is 0 Å². The van der Waals surface area contributed by atoms with Crippen molar-refractivity contribution in [2.75, 3.05) is 13.7 Å². The molecule has 6 heterocycles.